The summed E-state index contributed by atoms with van der Waals surface area (Å²) < 4.78 is 35.9. The van der Waals surface area contributed by atoms with E-state index in [9.17, 15) is 13.2 Å². The van der Waals surface area contributed by atoms with Crippen molar-refractivity contribution in [3.63, 3.8) is 0 Å². The van der Waals surface area contributed by atoms with Gasteiger partial charge in [-0.15, -0.1) is 0 Å². The molecule has 1 rings (SSSR count). The highest BCUT2D eigenvalue weighted by molar-refractivity contribution is 7.80. The minimum Gasteiger partial charge on any atom is -0.376 e. The minimum atomic E-state index is -4.44. The second-order valence-electron chi connectivity index (χ2n) is 2.15. The fourth-order valence-electron chi connectivity index (χ4n) is 0.657. The van der Waals surface area contributed by atoms with Crippen LogP contribution in [0.2, 0.25) is 0 Å². The van der Waals surface area contributed by atoms with E-state index in [0.29, 0.717) is 0 Å². The van der Waals surface area contributed by atoms with Crippen molar-refractivity contribution in [1.29, 1.82) is 0 Å². The normalized spacial score (nSPS) is 11.3. The number of aromatic amines is 1. The Bertz CT molecular complexity index is 318. The van der Waals surface area contributed by atoms with Crippen molar-refractivity contribution in [3.8, 4) is 0 Å². The second kappa shape index (κ2) is 3.21. The zero-order valence-electron chi connectivity index (χ0n) is 6.14. The molecule has 4 N–H and O–H groups in total. The van der Waals surface area contributed by atoms with Crippen LogP contribution in [0.5, 0.6) is 0 Å². The number of hydrogen-bond acceptors (Lipinski definition) is 2. The number of nitrogens with zero attached hydrogens (tertiary/aromatic N) is 1. The molecule has 0 amide bonds. The Kier molecular flexibility index (Phi) is 2.41. The Morgan fingerprint density at radius 3 is 2.62 bits per heavy atom. The first kappa shape index (κ1) is 9.78. The molecule has 1 aromatic heterocycles. The highest BCUT2D eigenvalue weighted by Gasteiger charge is 2.33. The molecule has 0 unspecified atom stereocenters. The molecule has 0 aromatic carbocycles. The van der Waals surface area contributed by atoms with Gasteiger partial charge in [0.05, 0.1) is 0 Å². The standard InChI is InChI=1S/C5H5F3N4S/c6-5(7,8)2-1-3(12-11-2)10-4(9)13/h1H,(H4,9,10,11,12,13). The van der Waals surface area contributed by atoms with Crippen LogP contribution in [0.4, 0.5) is 19.0 Å². The minimum absolute atomic E-state index is 0.0557. The first-order valence-electron chi connectivity index (χ1n) is 3.08. The molecule has 0 atom stereocenters. The van der Waals surface area contributed by atoms with Crippen LogP contribution in [0, 0.1) is 0 Å². The lowest BCUT2D eigenvalue weighted by Crippen LogP contribution is -2.19. The summed E-state index contributed by atoms with van der Waals surface area (Å²) in [6.45, 7) is 0. The van der Waals surface area contributed by atoms with Crippen LogP contribution >= 0.6 is 12.2 Å². The molecule has 1 aromatic rings. The number of hydrogen-bond donors (Lipinski definition) is 3. The van der Waals surface area contributed by atoms with Crippen molar-refractivity contribution >= 4 is 23.1 Å². The molecule has 0 radical (unpaired) electrons. The van der Waals surface area contributed by atoms with Crippen LogP contribution in [0.3, 0.4) is 0 Å². The van der Waals surface area contributed by atoms with Crippen molar-refractivity contribution < 1.29 is 13.2 Å². The van der Waals surface area contributed by atoms with E-state index < -0.39 is 11.9 Å². The largest absolute Gasteiger partial charge is 0.432 e. The van der Waals surface area contributed by atoms with Crippen LogP contribution in [-0.2, 0) is 6.18 Å². The smallest absolute Gasteiger partial charge is 0.376 e. The van der Waals surface area contributed by atoms with Crippen molar-refractivity contribution in [2.75, 3.05) is 5.32 Å². The molecule has 1 heterocycles. The maximum atomic E-state index is 12.0. The van der Waals surface area contributed by atoms with Gasteiger partial charge in [-0.1, -0.05) is 0 Å². The van der Waals surface area contributed by atoms with E-state index in [4.69, 9.17) is 5.73 Å². The summed E-state index contributed by atoms with van der Waals surface area (Å²) in [6.07, 6.45) is -4.44. The Morgan fingerprint density at radius 1 is 1.62 bits per heavy atom. The lowest BCUT2D eigenvalue weighted by Gasteiger charge is -1.99. The van der Waals surface area contributed by atoms with E-state index in [2.05, 4.69) is 22.6 Å². The van der Waals surface area contributed by atoms with Gasteiger partial charge in [0.1, 0.15) is 5.69 Å². The third kappa shape index (κ3) is 2.58. The fourth-order valence-corrected chi connectivity index (χ4v) is 0.762. The summed E-state index contributed by atoms with van der Waals surface area (Å²) in [5, 5.41) is 7.22. The third-order valence-corrected chi connectivity index (χ3v) is 1.24. The van der Waals surface area contributed by atoms with E-state index >= 15 is 0 Å². The van der Waals surface area contributed by atoms with E-state index in [0.717, 1.165) is 6.07 Å². The van der Waals surface area contributed by atoms with Crippen molar-refractivity contribution in [1.82, 2.24) is 10.2 Å². The predicted molar refractivity (Wildman–Crippen MR) is 44.0 cm³/mol. The van der Waals surface area contributed by atoms with Crippen molar-refractivity contribution in [2.24, 2.45) is 5.73 Å². The Balaban J connectivity index is 2.81. The molecular weight excluding hydrogens is 205 g/mol. The predicted octanol–water partition coefficient (Wildman–Crippen LogP) is 1.08. The summed E-state index contributed by atoms with van der Waals surface area (Å²) in [5.41, 5.74) is 4.08. The fraction of sp³-hybridized carbons (Fsp3) is 0.200. The first-order chi connectivity index (χ1) is 5.89. The van der Waals surface area contributed by atoms with E-state index in [1.807, 2.05) is 0 Å². The molecule has 0 spiro atoms. The van der Waals surface area contributed by atoms with Gasteiger partial charge in [-0.2, -0.15) is 18.3 Å². The number of H-pyrrole nitrogens is 1. The van der Waals surface area contributed by atoms with Gasteiger partial charge in [-0.3, -0.25) is 5.10 Å². The molecule has 8 heteroatoms. The van der Waals surface area contributed by atoms with Gasteiger partial charge < -0.3 is 11.1 Å². The van der Waals surface area contributed by atoms with Crippen molar-refractivity contribution in [3.05, 3.63) is 11.8 Å². The Morgan fingerprint density at radius 2 is 2.23 bits per heavy atom. The number of aromatic nitrogens is 2. The quantitative estimate of drug-likeness (QED) is 0.607. The van der Waals surface area contributed by atoms with Crippen LogP contribution in [-0.4, -0.2) is 15.3 Å². The Hall–Kier alpha value is -1.31. The Labute approximate surface area is 76.3 Å². The monoisotopic (exact) mass is 210 g/mol. The molecule has 0 aliphatic carbocycles. The number of nitrogens with one attached hydrogen (secondary N) is 2. The molecule has 4 nitrogen and oxygen atoms in total. The maximum Gasteiger partial charge on any atom is 0.432 e. The summed E-state index contributed by atoms with van der Waals surface area (Å²) in [5.74, 6) is -0.0557. The van der Waals surface area contributed by atoms with Crippen LogP contribution in [0.15, 0.2) is 6.07 Å². The SMILES string of the molecule is NC(=S)Nc1cc(C(F)(F)F)[nH]n1. The number of halogens is 3. The highest BCUT2D eigenvalue weighted by atomic mass is 32.1. The summed E-state index contributed by atoms with van der Waals surface area (Å²) in [4.78, 5) is 0. The highest BCUT2D eigenvalue weighted by Crippen LogP contribution is 2.28. The molecule has 0 saturated heterocycles. The number of nitrogens with two attached hydrogens (primary N) is 1. The molecule has 72 valence electrons. The first-order valence-corrected chi connectivity index (χ1v) is 3.49. The van der Waals surface area contributed by atoms with E-state index in [1.165, 1.54) is 0 Å². The van der Waals surface area contributed by atoms with Gasteiger partial charge in [-0.05, 0) is 12.2 Å². The molecule has 0 fully saturated rings. The van der Waals surface area contributed by atoms with Crippen LogP contribution in [0.25, 0.3) is 0 Å². The van der Waals surface area contributed by atoms with Crippen LogP contribution < -0.4 is 11.1 Å². The third-order valence-electron chi connectivity index (χ3n) is 1.13. The van der Waals surface area contributed by atoms with Gasteiger partial charge in [0.15, 0.2) is 10.9 Å². The molecule has 0 saturated carbocycles. The summed E-state index contributed by atoms with van der Waals surface area (Å²) in [7, 11) is 0. The molecule has 0 aliphatic rings. The van der Waals surface area contributed by atoms with E-state index in [1.54, 1.807) is 5.10 Å². The van der Waals surface area contributed by atoms with Gasteiger partial charge in [0.2, 0.25) is 0 Å². The molecule has 0 bridgehead atoms. The number of thiocarbonyl (C=S) groups is 1. The number of alkyl halides is 3. The number of rotatable bonds is 1. The lowest BCUT2D eigenvalue weighted by molar-refractivity contribution is -0.141. The van der Waals surface area contributed by atoms with Gasteiger partial charge in [0.25, 0.3) is 0 Å². The molecular formula is C5H5F3N4S. The van der Waals surface area contributed by atoms with Crippen molar-refractivity contribution in [2.45, 2.75) is 6.18 Å². The number of anilines is 1. The average Bonchev–Trinajstić information content (AvgIpc) is 2.32. The van der Waals surface area contributed by atoms with E-state index in [-0.39, 0.29) is 10.9 Å². The topological polar surface area (TPSA) is 66.7 Å². The zero-order valence-corrected chi connectivity index (χ0v) is 6.96. The maximum absolute atomic E-state index is 12.0. The van der Waals surface area contributed by atoms with Gasteiger partial charge >= 0.3 is 6.18 Å². The summed E-state index contributed by atoms with van der Waals surface area (Å²) >= 11 is 4.41. The molecule has 0 aliphatic heterocycles. The zero-order chi connectivity index (χ0) is 10.1. The molecule has 13 heavy (non-hydrogen) atoms. The van der Waals surface area contributed by atoms with Crippen LogP contribution in [0.1, 0.15) is 5.69 Å². The lowest BCUT2D eigenvalue weighted by atomic mass is 10.4. The van der Waals surface area contributed by atoms with Gasteiger partial charge in [0, 0.05) is 6.07 Å². The van der Waals surface area contributed by atoms with Gasteiger partial charge in [-0.25, -0.2) is 0 Å². The second-order valence-corrected chi connectivity index (χ2v) is 2.59. The average molecular weight is 210 g/mol. The summed E-state index contributed by atoms with van der Waals surface area (Å²) in [6, 6.07) is 0.777.